The van der Waals surface area contributed by atoms with Crippen LogP contribution in [0.25, 0.3) is 5.65 Å². The van der Waals surface area contributed by atoms with Gasteiger partial charge in [0.25, 0.3) is 0 Å². The van der Waals surface area contributed by atoms with E-state index in [1.54, 1.807) is 12.5 Å². The highest BCUT2D eigenvalue weighted by molar-refractivity contribution is 7.84. The van der Waals surface area contributed by atoms with E-state index in [1.165, 1.54) is 0 Å². The molecule has 0 aliphatic carbocycles. The van der Waals surface area contributed by atoms with Gasteiger partial charge in [-0.3, -0.25) is 8.61 Å². The van der Waals surface area contributed by atoms with Gasteiger partial charge >= 0.3 is 0 Å². The van der Waals surface area contributed by atoms with Crippen molar-refractivity contribution >= 4 is 22.3 Å². The molecule has 0 aromatic carbocycles. The molecule has 2 aromatic rings. The van der Waals surface area contributed by atoms with Crippen molar-refractivity contribution in [2.75, 3.05) is 23.9 Å². The zero-order valence-electron chi connectivity index (χ0n) is 9.22. The number of nitrogens with zero attached hydrogens (tertiary/aromatic N) is 2. The summed E-state index contributed by atoms with van der Waals surface area (Å²) in [6.45, 7) is 0.830. The third-order valence-corrected chi connectivity index (χ3v) is 3.21. The molecule has 86 valence electrons. The largest absolute Gasteiger partial charge is 0.371 e. The van der Waals surface area contributed by atoms with Crippen molar-refractivity contribution in [3.8, 4) is 0 Å². The molecule has 0 saturated carbocycles. The van der Waals surface area contributed by atoms with Gasteiger partial charge < -0.3 is 5.32 Å². The van der Waals surface area contributed by atoms with Gasteiger partial charge in [-0.15, -0.1) is 0 Å². The molecule has 0 radical (unpaired) electrons. The molecule has 4 nitrogen and oxygen atoms in total. The number of hydrogen-bond acceptors (Lipinski definition) is 3. The van der Waals surface area contributed by atoms with Gasteiger partial charge in [0.1, 0.15) is 11.5 Å². The van der Waals surface area contributed by atoms with Crippen LogP contribution in [0.15, 0.2) is 30.6 Å². The van der Waals surface area contributed by atoms with Crippen LogP contribution >= 0.6 is 0 Å². The zero-order valence-corrected chi connectivity index (χ0v) is 10.0. The summed E-state index contributed by atoms with van der Waals surface area (Å²) in [7, 11) is -0.702. The van der Waals surface area contributed by atoms with Crippen LogP contribution in [-0.2, 0) is 10.8 Å². The van der Waals surface area contributed by atoms with E-state index in [0.29, 0.717) is 0 Å². The maximum Gasteiger partial charge on any atom is 0.138 e. The molecule has 0 amide bonds. The van der Waals surface area contributed by atoms with E-state index in [2.05, 4.69) is 10.3 Å². The Morgan fingerprint density at radius 3 is 3.19 bits per heavy atom. The lowest BCUT2D eigenvalue weighted by Crippen LogP contribution is -2.08. The number of pyridine rings is 1. The summed E-state index contributed by atoms with van der Waals surface area (Å²) in [5, 5.41) is 3.32. The van der Waals surface area contributed by atoms with E-state index >= 15 is 0 Å². The lowest BCUT2D eigenvalue weighted by Gasteiger charge is -2.07. The van der Waals surface area contributed by atoms with Crippen LogP contribution in [0.5, 0.6) is 0 Å². The van der Waals surface area contributed by atoms with E-state index < -0.39 is 10.8 Å². The van der Waals surface area contributed by atoms with Crippen LogP contribution < -0.4 is 5.32 Å². The minimum atomic E-state index is -0.702. The molecule has 0 fully saturated rings. The highest BCUT2D eigenvalue weighted by atomic mass is 32.2. The van der Waals surface area contributed by atoms with Crippen LogP contribution in [0.4, 0.5) is 5.82 Å². The van der Waals surface area contributed by atoms with Gasteiger partial charge in [0.2, 0.25) is 0 Å². The summed E-state index contributed by atoms with van der Waals surface area (Å²) in [4.78, 5) is 4.21. The first-order valence-electron chi connectivity index (χ1n) is 5.23. The number of hydrogen-bond donors (Lipinski definition) is 1. The van der Waals surface area contributed by atoms with E-state index in [0.717, 1.165) is 30.2 Å². The molecule has 2 rings (SSSR count). The van der Waals surface area contributed by atoms with E-state index in [-0.39, 0.29) is 0 Å². The van der Waals surface area contributed by atoms with Crippen molar-refractivity contribution < 1.29 is 4.21 Å². The van der Waals surface area contributed by atoms with Gasteiger partial charge in [0.15, 0.2) is 0 Å². The second-order valence-electron chi connectivity index (χ2n) is 3.62. The Kier molecular flexibility index (Phi) is 3.56. The van der Waals surface area contributed by atoms with Crippen LogP contribution in [-0.4, -0.2) is 32.1 Å². The molecule has 0 aliphatic heterocycles. The normalized spacial score (nSPS) is 12.8. The predicted octanol–water partition coefficient (Wildman–Crippen LogP) is 1.51. The Morgan fingerprint density at radius 2 is 2.38 bits per heavy atom. The fraction of sp³-hybridized carbons (Fsp3) is 0.364. The lowest BCUT2D eigenvalue weighted by molar-refractivity contribution is 0.685. The van der Waals surface area contributed by atoms with Gasteiger partial charge in [-0.25, -0.2) is 4.98 Å². The summed E-state index contributed by atoms with van der Waals surface area (Å²) in [6.07, 6.45) is 6.35. The Hall–Kier alpha value is -1.36. The second kappa shape index (κ2) is 5.12. The fourth-order valence-electron chi connectivity index (χ4n) is 1.58. The number of fused-ring (bicyclic) bond motifs is 1. The minimum Gasteiger partial charge on any atom is -0.371 e. The fourth-order valence-corrected chi connectivity index (χ4v) is 2.13. The van der Waals surface area contributed by atoms with Crippen LogP contribution in [0.3, 0.4) is 0 Å². The molecule has 0 saturated heterocycles. The molecular weight excluding hydrogens is 222 g/mol. The van der Waals surface area contributed by atoms with Crippen molar-refractivity contribution in [1.29, 1.82) is 0 Å². The average molecular weight is 237 g/mol. The van der Waals surface area contributed by atoms with Crippen molar-refractivity contribution in [2.24, 2.45) is 0 Å². The van der Waals surface area contributed by atoms with Gasteiger partial charge in [0, 0.05) is 41.7 Å². The van der Waals surface area contributed by atoms with Gasteiger partial charge in [-0.2, -0.15) is 0 Å². The Balaban J connectivity index is 1.98. The maximum atomic E-state index is 10.9. The number of nitrogens with one attached hydrogen (secondary N) is 1. The molecule has 0 bridgehead atoms. The van der Waals surface area contributed by atoms with Crippen LogP contribution in [0, 0.1) is 0 Å². The molecule has 16 heavy (non-hydrogen) atoms. The van der Waals surface area contributed by atoms with Crippen molar-refractivity contribution in [1.82, 2.24) is 9.38 Å². The molecule has 0 spiro atoms. The standard InChI is InChI=1S/C11H15N3OS/c1-16(15)9-3-6-12-10-4-2-5-11-13-7-8-14(10)11/h2,4-5,7-8,12H,3,6,9H2,1H3. The topological polar surface area (TPSA) is 46.4 Å². The number of rotatable bonds is 5. The molecule has 1 N–H and O–H groups in total. The molecule has 5 heteroatoms. The minimum absolute atomic E-state index is 0.702. The van der Waals surface area contributed by atoms with Gasteiger partial charge in [-0.05, 0) is 18.6 Å². The average Bonchev–Trinajstić information content (AvgIpc) is 2.72. The molecule has 0 aliphatic rings. The quantitative estimate of drug-likeness (QED) is 0.802. The molecule has 1 unspecified atom stereocenters. The maximum absolute atomic E-state index is 10.9. The predicted molar refractivity (Wildman–Crippen MR) is 67.2 cm³/mol. The van der Waals surface area contributed by atoms with Gasteiger partial charge in [-0.1, -0.05) is 6.07 Å². The van der Waals surface area contributed by atoms with E-state index in [1.807, 2.05) is 28.8 Å². The van der Waals surface area contributed by atoms with Crippen LogP contribution in [0.1, 0.15) is 6.42 Å². The molecule has 1 atom stereocenters. The first-order chi connectivity index (χ1) is 7.77. The number of aromatic nitrogens is 2. The number of imidazole rings is 1. The highest BCUT2D eigenvalue weighted by Crippen LogP contribution is 2.10. The highest BCUT2D eigenvalue weighted by Gasteiger charge is 1.99. The summed E-state index contributed by atoms with van der Waals surface area (Å²) >= 11 is 0. The molecule has 2 aromatic heterocycles. The Labute approximate surface area is 97.2 Å². The van der Waals surface area contributed by atoms with Crippen LogP contribution in [0.2, 0.25) is 0 Å². The first-order valence-corrected chi connectivity index (χ1v) is 6.96. The van der Waals surface area contributed by atoms with Crippen molar-refractivity contribution in [3.05, 3.63) is 30.6 Å². The number of anilines is 1. The van der Waals surface area contributed by atoms with Crippen molar-refractivity contribution in [3.63, 3.8) is 0 Å². The smallest absolute Gasteiger partial charge is 0.138 e. The zero-order chi connectivity index (χ0) is 11.4. The molecule has 2 heterocycles. The van der Waals surface area contributed by atoms with E-state index in [9.17, 15) is 4.21 Å². The van der Waals surface area contributed by atoms with Gasteiger partial charge in [0.05, 0.1) is 0 Å². The summed E-state index contributed by atoms with van der Waals surface area (Å²) < 4.78 is 12.9. The Bertz CT molecular complexity index is 495. The third-order valence-electron chi connectivity index (χ3n) is 2.34. The summed E-state index contributed by atoms with van der Waals surface area (Å²) in [6, 6.07) is 5.95. The van der Waals surface area contributed by atoms with Crippen molar-refractivity contribution in [2.45, 2.75) is 6.42 Å². The SMILES string of the molecule is CS(=O)CCCNc1cccc2nccn12. The molecular formula is C11H15N3OS. The summed E-state index contributed by atoms with van der Waals surface area (Å²) in [5.74, 6) is 1.77. The monoisotopic (exact) mass is 237 g/mol. The van der Waals surface area contributed by atoms with E-state index in [4.69, 9.17) is 0 Å². The first kappa shape index (κ1) is 11.1. The lowest BCUT2D eigenvalue weighted by atomic mass is 10.4. The third kappa shape index (κ3) is 2.61. The summed E-state index contributed by atoms with van der Waals surface area (Å²) in [5.41, 5.74) is 0.934. The Morgan fingerprint density at radius 1 is 1.50 bits per heavy atom. The second-order valence-corrected chi connectivity index (χ2v) is 5.18.